The summed E-state index contributed by atoms with van der Waals surface area (Å²) in [5, 5.41) is 9.58. The fourth-order valence-electron chi connectivity index (χ4n) is 3.10. The van der Waals surface area contributed by atoms with E-state index < -0.39 is 0 Å². The Morgan fingerprint density at radius 3 is 2.05 bits per heavy atom. The van der Waals surface area contributed by atoms with Gasteiger partial charge in [0, 0.05) is 26.2 Å². The van der Waals surface area contributed by atoms with Crippen LogP contribution >= 0.6 is 0 Å². The van der Waals surface area contributed by atoms with Gasteiger partial charge in [-0.2, -0.15) is 0 Å². The van der Waals surface area contributed by atoms with E-state index in [0.29, 0.717) is 5.75 Å². The van der Waals surface area contributed by atoms with Crippen molar-refractivity contribution in [2.75, 3.05) is 26.2 Å². The van der Waals surface area contributed by atoms with Gasteiger partial charge in [-0.1, -0.05) is 42.5 Å². The van der Waals surface area contributed by atoms with Crippen LogP contribution in [0.1, 0.15) is 17.5 Å². The van der Waals surface area contributed by atoms with Gasteiger partial charge in [-0.05, 0) is 42.8 Å². The lowest BCUT2D eigenvalue weighted by molar-refractivity contribution is 0.247. The number of hydrogen-bond acceptors (Lipinski definition) is 3. The van der Waals surface area contributed by atoms with Crippen molar-refractivity contribution in [2.45, 2.75) is 19.5 Å². The van der Waals surface area contributed by atoms with Crippen molar-refractivity contribution in [1.82, 2.24) is 9.80 Å². The molecule has 1 aliphatic rings. The molecule has 2 aromatic rings. The largest absolute Gasteiger partial charge is 0.508 e. The van der Waals surface area contributed by atoms with Gasteiger partial charge in [0.25, 0.3) is 0 Å². The van der Waals surface area contributed by atoms with Crippen molar-refractivity contribution < 1.29 is 5.11 Å². The maximum atomic E-state index is 9.58. The Kier molecular flexibility index (Phi) is 5.09. The summed E-state index contributed by atoms with van der Waals surface area (Å²) < 4.78 is 0. The molecule has 0 amide bonds. The lowest BCUT2D eigenvalue weighted by Gasteiger charge is -2.22. The first-order chi connectivity index (χ1) is 10.8. The van der Waals surface area contributed by atoms with Crippen molar-refractivity contribution in [3.05, 3.63) is 65.7 Å². The van der Waals surface area contributed by atoms with Crippen LogP contribution in [0.25, 0.3) is 0 Å². The second-order valence-electron chi connectivity index (χ2n) is 6.06. The summed E-state index contributed by atoms with van der Waals surface area (Å²) in [6.07, 6.45) is 1.20. The second-order valence-corrected chi connectivity index (χ2v) is 6.06. The van der Waals surface area contributed by atoms with E-state index >= 15 is 0 Å². The van der Waals surface area contributed by atoms with Crippen LogP contribution in [0.15, 0.2) is 54.6 Å². The van der Waals surface area contributed by atoms with E-state index in [1.807, 2.05) is 12.1 Å². The summed E-state index contributed by atoms with van der Waals surface area (Å²) in [5.41, 5.74) is 2.58. The average molecular weight is 296 g/mol. The molecule has 1 N–H and O–H groups in total. The molecule has 0 saturated carbocycles. The Balaban J connectivity index is 1.53. The number of rotatable bonds is 4. The summed E-state index contributed by atoms with van der Waals surface area (Å²) in [4.78, 5) is 5.03. The van der Waals surface area contributed by atoms with E-state index in [-0.39, 0.29) is 0 Å². The topological polar surface area (TPSA) is 26.7 Å². The highest BCUT2D eigenvalue weighted by Crippen LogP contribution is 2.15. The number of phenolic OH excluding ortho intramolecular Hbond substituents is 1. The molecule has 3 heteroatoms. The van der Waals surface area contributed by atoms with Crippen molar-refractivity contribution in [3.8, 4) is 5.75 Å². The molecule has 1 saturated heterocycles. The molecule has 0 unspecified atom stereocenters. The third-order valence-corrected chi connectivity index (χ3v) is 4.25. The molecule has 1 fully saturated rings. The molecule has 2 aromatic carbocycles. The lowest BCUT2D eigenvalue weighted by Crippen LogP contribution is -2.30. The van der Waals surface area contributed by atoms with Crippen molar-refractivity contribution >= 4 is 0 Å². The van der Waals surface area contributed by atoms with Crippen LogP contribution in [0, 0.1) is 0 Å². The summed E-state index contributed by atoms with van der Waals surface area (Å²) in [6.45, 7) is 6.44. The van der Waals surface area contributed by atoms with E-state index in [1.165, 1.54) is 17.5 Å². The fraction of sp³-hybridized carbons (Fsp3) is 0.368. The Bertz CT molecular complexity index is 585. The summed E-state index contributed by atoms with van der Waals surface area (Å²) in [7, 11) is 0. The van der Waals surface area contributed by atoms with Crippen LogP contribution < -0.4 is 0 Å². The number of benzene rings is 2. The molecule has 3 rings (SSSR count). The van der Waals surface area contributed by atoms with E-state index in [0.717, 1.165) is 39.3 Å². The molecule has 0 aliphatic carbocycles. The molecule has 3 nitrogen and oxygen atoms in total. The van der Waals surface area contributed by atoms with Gasteiger partial charge in [0.15, 0.2) is 0 Å². The standard InChI is InChI=1S/C19H24N2O/c22-19-9-4-8-18(14-19)16-21-11-5-10-20(12-13-21)15-17-6-2-1-3-7-17/h1-4,6-9,14,22H,5,10-13,15-16H2. The van der Waals surface area contributed by atoms with Gasteiger partial charge in [-0.3, -0.25) is 9.80 Å². The highest BCUT2D eigenvalue weighted by Gasteiger charge is 2.15. The molecule has 0 radical (unpaired) electrons. The highest BCUT2D eigenvalue weighted by atomic mass is 16.3. The van der Waals surface area contributed by atoms with Crippen LogP contribution in [-0.4, -0.2) is 41.1 Å². The van der Waals surface area contributed by atoms with Gasteiger partial charge in [-0.25, -0.2) is 0 Å². The zero-order valence-electron chi connectivity index (χ0n) is 13.0. The Morgan fingerprint density at radius 1 is 0.727 bits per heavy atom. The predicted octanol–water partition coefficient (Wildman–Crippen LogP) is 3.10. The van der Waals surface area contributed by atoms with Gasteiger partial charge in [0.1, 0.15) is 5.75 Å². The Morgan fingerprint density at radius 2 is 1.36 bits per heavy atom. The molecular formula is C19H24N2O. The third kappa shape index (κ3) is 4.33. The molecule has 22 heavy (non-hydrogen) atoms. The smallest absolute Gasteiger partial charge is 0.115 e. The summed E-state index contributed by atoms with van der Waals surface area (Å²) in [6, 6.07) is 18.3. The normalized spacial score (nSPS) is 17.3. The Labute approximate surface area is 132 Å². The minimum Gasteiger partial charge on any atom is -0.508 e. The first-order valence-corrected chi connectivity index (χ1v) is 8.06. The summed E-state index contributed by atoms with van der Waals surface area (Å²) >= 11 is 0. The van der Waals surface area contributed by atoms with Crippen molar-refractivity contribution in [3.63, 3.8) is 0 Å². The minimum absolute atomic E-state index is 0.359. The van der Waals surface area contributed by atoms with Crippen LogP contribution in [0.2, 0.25) is 0 Å². The molecule has 0 atom stereocenters. The van der Waals surface area contributed by atoms with Gasteiger partial charge >= 0.3 is 0 Å². The Hall–Kier alpha value is -1.84. The molecular weight excluding hydrogens is 272 g/mol. The fourth-order valence-corrected chi connectivity index (χ4v) is 3.10. The molecule has 116 valence electrons. The predicted molar refractivity (Wildman–Crippen MR) is 89.7 cm³/mol. The van der Waals surface area contributed by atoms with Crippen molar-refractivity contribution in [1.29, 1.82) is 0 Å². The second kappa shape index (κ2) is 7.43. The first-order valence-electron chi connectivity index (χ1n) is 8.06. The van der Waals surface area contributed by atoms with Gasteiger partial charge < -0.3 is 5.11 Å². The van der Waals surface area contributed by atoms with Crippen molar-refractivity contribution in [2.24, 2.45) is 0 Å². The molecule has 0 aromatic heterocycles. The monoisotopic (exact) mass is 296 g/mol. The third-order valence-electron chi connectivity index (χ3n) is 4.25. The average Bonchev–Trinajstić information content (AvgIpc) is 2.74. The van der Waals surface area contributed by atoms with Gasteiger partial charge in [-0.15, -0.1) is 0 Å². The zero-order chi connectivity index (χ0) is 15.2. The SMILES string of the molecule is Oc1cccc(CN2CCCN(Cc3ccccc3)CC2)c1. The zero-order valence-corrected chi connectivity index (χ0v) is 13.0. The molecule has 1 aliphatic heterocycles. The molecule has 0 bridgehead atoms. The van der Waals surface area contributed by atoms with Crippen LogP contribution in [0.5, 0.6) is 5.75 Å². The maximum Gasteiger partial charge on any atom is 0.115 e. The number of phenols is 1. The number of aromatic hydroxyl groups is 1. The van der Waals surface area contributed by atoms with E-state index in [1.54, 1.807) is 6.07 Å². The highest BCUT2D eigenvalue weighted by molar-refractivity contribution is 5.27. The summed E-state index contributed by atoms with van der Waals surface area (Å²) in [5.74, 6) is 0.359. The van der Waals surface area contributed by atoms with E-state index in [2.05, 4.69) is 46.2 Å². The molecule has 0 spiro atoms. The number of nitrogens with zero attached hydrogens (tertiary/aromatic N) is 2. The lowest BCUT2D eigenvalue weighted by atomic mass is 10.2. The van der Waals surface area contributed by atoms with E-state index in [4.69, 9.17) is 0 Å². The van der Waals surface area contributed by atoms with Gasteiger partial charge in [0.2, 0.25) is 0 Å². The van der Waals surface area contributed by atoms with Crippen LogP contribution in [0.3, 0.4) is 0 Å². The van der Waals surface area contributed by atoms with E-state index in [9.17, 15) is 5.11 Å². The van der Waals surface area contributed by atoms with Crippen LogP contribution in [0.4, 0.5) is 0 Å². The van der Waals surface area contributed by atoms with Crippen LogP contribution in [-0.2, 0) is 13.1 Å². The quantitative estimate of drug-likeness (QED) is 0.939. The maximum absolute atomic E-state index is 9.58. The van der Waals surface area contributed by atoms with Gasteiger partial charge in [0.05, 0.1) is 0 Å². The molecule has 1 heterocycles. The minimum atomic E-state index is 0.359. The first kappa shape index (κ1) is 15.1. The number of hydrogen-bond donors (Lipinski definition) is 1.